The molecule has 0 spiro atoms. The molecule has 176 valence electrons. The molecule has 1 N–H and O–H groups in total. The summed E-state index contributed by atoms with van der Waals surface area (Å²) in [7, 11) is 0. The Morgan fingerprint density at radius 1 is 1.00 bits per heavy atom. The highest BCUT2D eigenvalue weighted by molar-refractivity contribution is 14.1. The maximum atomic E-state index is 12.4. The van der Waals surface area contributed by atoms with Crippen LogP contribution in [0.5, 0.6) is 5.75 Å². The molecule has 0 radical (unpaired) electrons. The zero-order valence-electron chi connectivity index (χ0n) is 18.3. The topological polar surface area (TPSA) is 93.8 Å². The number of ether oxygens (including phenoxy) is 1. The molecule has 7 nitrogen and oxygen atoms in total. The highest BCUT2D eigenvalue weighted by Crippen LogP contribution is 2.29. The van der Waals surface area contributed by atoms with Crippen LogP contribution >= 0.6 is 45.2 Å². The predicted molar refractivity (Wildman–Crippen MR) is 153 cm³/mol. The lowest BCUT2D eigenvalue weighted by molar-refractivity contribution is -0.384. The van der Waals surface area contributed by atoms with Gasteiger partial charge in [-0.25, -0.2) is 5.43 Å². The Hall–Kier alpha value is -3.06. The molecule has 0 aliphatic heterocycles. The van der Waals surface area contributed by atoms with E-state index >= 15 is 0 Å². The molecule has 35 heavy (non-hydrogen) atoms. The molecular formula is C26H19I2N3O4. The van der Waals surface area contributed by atoms with Gasteiger partial charge in [0.2, 0.25) is 5.91 Å². The minimum absolute atomic E-state index is 0.0470. The summed E-state index contributed by atoms with van der Waals surface area (Å²) in [6, 6.07) is 24.0. The first-order valence-corrected chi connectivity index (χ1v) is 12.7. The Morgan fingerprint density at radius 3 is 2.40 bits per heavy atom. The van der Waals surface area contributed by atoms with Crippen LogP contribution in [0.2, 0.25) is 0 Å². The van der Waals surface area contributed by atoms with Gasteiger partial charge in [0, 0.05) is 12.1 Å². The first-order chi connectivity index (χ1) is 16.9. The molecular weight excluding hydrogens is 672 g/mol. The molecule has 0 aliphatic carbocycles. The second kappa shape index (κ2) is 11.6. The molecule has 0 atom stereocenters. The molecule has 0 saturated heterocycles. The number of fused-ring (bicyclic) bond motifs is 1. The fourth-order valence-electron chi connectivity index (χ4n) is 3.50. The van der Waals surface area contributed by atoms with Crippen LogP contribution in [-0.2, 0) is 17.8 Å². The molecule has 0 saturated carbocycles. The quantitative estimate of drug-likeness (QED) is 0.103. The van der Waals surface area contributed by atoms with E-state index < -0.39 is 4.92 Å². The monoisotopic (exact) mass is 691 g/mol. The molecule has 0 heterocycles. The number of hydrazone groups is 1. The molecule has 9 heteroatoms. The van der Waals surface area contributed by atoms with Crippen molar-refractivity contribution in [1.82, 2.24) is 5.43 Å². The second-order valence-electron chi connectivity index (χ2n) is 7.63. The number of carbonyl (C=O) groups is 1. The van der Waals surface area contributed by atoms with Gasteiger partial charge in [0.15, 0.2) is 0 Å². The largest absolute Gasteiger partial charge is 0.487 e. The number of non-ortho nitro benzene ring substituents is 1. The SMILES string of the molecule is O=C(Cc1cccc2ccccc12)N/N=C\c1cc(I)c(OCc2ccc([N+](=O)[O-])cc2)c(I)c1. The number of benzene rings is 4. The van der Waals surface area contributed by atoms with E-state index in [0.29, 0.717) is 6.61 Å². The van der Waals surface area contributed by atoms with Gasteiger partial charge in [0.1, 0.15) is 12.4 Å². The maximum absolute atomic E-state index is 12.4. The summed E-state index contributed by atoms with van der Waals surface area (Å²) in [5.74, 6) is 0.534. The number of hydrogen-bond acceptors (Lipinski definition) is 5. The zero-order valence-corrected chi connectivity index (χ0v) is 22.6. The number of halogens is 2. The average molecular weight is 691 g/mol. The summed E-state index contributed by atoms with van der Waals surface area (Å²) in [5, 5.41) is 17.1. The summed E-state index contributed by atoms with van der Waals surface area (Å²) in [6.45, 7) is 0.293. The van der Waals surface area contributed by atoms with E-state index in [4.69, 9.17) is 4.74 Å². The number of hydrogen-bond donors (Lipinski definition) is 1. The van der Waals surface area contributed by atoms with Gasteiger partial charge < -0.3 is 4.74 Å². The number of amides is 1. The number of nitrogens with zero attached hydrogens (tertiary/aromatic N) is 2. The van der Waals surface area contributed by atoms with Gasteiger partial charge in [-0.15, -0.1) is 0 Å². The Kier molecular flexibility index (Phi) is 8.29. The highest BCUT2D eigenvalue weighted by atomic mass is 127. The first kappa shape index (κ1) is 25.0. The van der Waals surface area contributed by atoms with E-state index in [9.17, 15) is 14.9 Å². The van der Waals surface area contributed by atoms with E-state index in [1.54, 1.807) is 18.3 Å². The highest BCUT2D eigenvalue weighted by Gasteiger charge is 2.11. The molecule has 0 fully saturated rings. The third kappa shape index (κ3) is 6.54. The molecule has 0 unspecified atom stereocenters. The summed E-state index contributed by atoms with van der Waals surface area (Å²) < 4.78 is 7.73. The van der Waals surface area contributed by atoms with Crippen LogP contribution in [0.3, 0.4) is 0 Å². The second-order valence-corrected chi connectivity index (χ2v) is 9.96. The third-order valence-corrected chi connectivity index (χ3v) is 6.79. The van der Waals surface area contributed by atoms with Crippen molar-refractivity contribution in [1.29, 1.82) is 0 Å². The Bertz CT molecular complexity index is 1390. The van der Waals surface area contributed by atoms with Crippen LogP contribution in [-0.4, -0.2) is 17.0 Å². The molecule has 0 aliphatic rings. The smallest absolute Gasteiger partial charge is 0.269 e. The van der Waals surface area contributed by atoms with Gasteiger partial charge in [0.05, 0.1) is 24.7 Å². The fourth-order valence-corrected chi connectivity index (χ4v) is 5.63. The van der Waals surface area contributed by atoms with Crippen LogP contribution in [0.4, 0.5) is 5.69 Å². The lowest BCUT2D eigenvalue weighted by atomic mass is 10.0. The average Bonchev–Trinajstić information content (AvgIpc) is 2.84. The lowest BCUT2D eigenvalue weighted by Gasteiger charge is -2.11. The minimum atomic E-state index is -0.428. The van der Waals surface area contributed by atoms with Crippen molar-refractivity contribution in [3.05, 3.63) is 113 Å². The van der Waals surface area contributed by atoms with Crippen molar-refractivity contribution < 1.29 is 14.5 Å². The van der Waals surface area contributed by atoms with Gasteiger partial charge >= 0.3 is 0 Å². The van der Waals surface area contributed by atoms with Gasteiger partial charge in [-0.2, -0.15) is 5.10 Å². The van der Waals surface area contributed by atoms with Crippen LogP contribution in [0.25, 0.3) is 10.8 Å². The number of rotatable bonds is 8. The minimum Gasteiger partial charge on any atom is -0.487 e. The molecule has 0 aromatic heterocycles. The Morgan fingerprint density at radius 2 is 1.69 bits per heavy atom. The maximum Gasteiger partial charge on any atom is 0.269 e. The molecule has 0 bridgehead atoms. The number of nitro groups is 1. The number of nitrogens with one attached hydrogen (secondary N) is 1. The van der Waals surface area contributed by atoms with Gasteiger partial charge in [-0.3, -0.25) is 14.9 Å². The van der Waals surface area contributed by atoms with Gasteiger partial charge in [-0.1, -0.05) is 42.5 Å². The van der Waals surface area contributed by atoms with E-state index in [0.717, 1.165) is 40.4 Å². The lowest BCUT2D eigenvalue weighted by Crippen LogP contribution is -2.19. The van der Waals surface area contributed by atoms with Crippen molar-refractivity contribution in [2.45, 2.75) is 13.0 Å². The number of carbonyl (C=O) groups excluding carboxylic acids is 1. The standard InChI is InChI=1S/C26H19I2N3O4/c27-23-12-18(13-24(28)26(23)35-16-17-8-10-21(11-9-17)31(33)34)15-29-30-25(32)14-20-6-3-5-19-4-1-2-7-22(19)20/h1-13,15H,14,16H2,(H,30,32)/b29-15-. The Labute approximate surface area is 229 Å². The van der Waals surface area contributed by atoms with Gasteiger partial charge in [0.25, 0.3) is 5.69 Å². The first-order valence-electron chi connectivity index (χ1n) is 10.5. The van der Waals surface area contributed by atoms with Gasteiger partial charge in [-0.05, 0) is 96.9 Å². The van der Waals surface area contributed by atoms with E-state index in [1.807, 2.05) is 54.6 Å². The summed E-state index contributed by atoms with van der Waals surface area (Å²) in [5.41, 5.74) is 5.26. The summed E-state index contributed by atoms with van der Waals surface area (Å²) >= 11 is 4.38. The molecule has 4 aromatic carbocycles. The molecule has 4 rings (SSSR count). The third-order valence-electron chi connectivity index (χ3n) is 5.18. The van der Waals surface area contributed by atoms with E-state index in [1.165, 1.54) is 12.1 Å². The normalized spacial score (nSPS) is 11.0. The van der Waals surface area contributed by atoms with Crippen LogP contribution in [0.1, 0.15) is 16.7 Å². The zero-order chi connectivity index (χ0) is 24.8. The Balaban J connectivity index is 1.36. The van der Waals surface area contributed by atoms with Crippen molar-refractivity contribution in [3.63, 3.8) is 0 Å². The van der Waals surface area contributed by atoms with E-state index in [2.05, 4.69) is 55.7 Å². The van der Waals surface area contributed by atoms with Crippen LogP contribution in [0.15, 0.2) is 84.0 Å². The molecule has 1 amide bonds. The summed E-state index contributed by atoms with van der Waals surface area (Å²) in [4.78, 5) is 22.8. The predicted octanol–water partition coefficient (Wildman–Crippen LogP) is 6.23. The van der Waals surface area contributed by atoms with Crippen molar-refractivity contribution in [2.24, 2.45) is 5.10 Å². The number of nitro benzene ring substituents is 1. The molecule has 4 aromatic rings. The van der Waals surface area contributed by atoms with Crippen LogP contribution in [0, 0.1) is 17.3 Å². The van der Waals surface area contributed by atoms with E-state index in [-0.39, 0.29) is 18.0 Å². The van der Waals surface area contributed by atoms with Crippen molar-refractivity contribution >= 4 is 73.8 Å². The van der Waals surface area contributed by atoms with Crippen molar-refractivity contribution in [3.8, 4) is 5.75 Å². The summed E-state index contributed by atoms with van der Waals surface area (Å²) in [6.07, 6.45) is 1.84. The van der Waals surface area contributed by atoms with Crippen LogP contribution < -0.4 is 10.2 Å². The fraction of sp³-hybridized carbons (Fsp3) is 0.0769. The van der Waals surface area contributed by atoms with Crippen molar-refractivity contribution in [2.75, 3.05) is 0 Å².